The highest BCUT2D eigenvalue weighted by Crippen LogP contribution is 2.27. The average molecular weight is 306 g/mol. The molecule has 1 amide bonds. The lowest BCUT2D eigenvalue weighted by molar-refractivity contribution is -0.145. The van der Waals surface area contributed by atoms with E-state index in [1.807, 2.05) is 24.3 Å². The van der Waals surface area contributed by atoms with Gasteiger partial charge in [-0.05, 0) is 18.9 Å². The zero-order chi connectivity index (χ0) is 15.7. The topological polar surface area (TPSA) is 50.6 Å². The molecule has 122 valence electrons. The lowest BCUT2D eigenvalue weighted by Gasteiger charge is -2.41. The van der Waals surface area contributed by atoms with Crippen LogP contribution in [0.15, 0.2) is 12.4 Å². The van der Waals surface area contributed by atoms with Crippen LogP contribution in [-0.2, 0) is 16.6 Å². The van der Waals surface area contributed by atoms with E-state index < -0.39 is 0 Å². The maximum atomic E-state index is 12.8. The van der Waals surface area contributed by atoms with Crippen molar-refractivity contribution in [3.05, 3.63) is 18.2 Å². The predicted octanol–water partition coefficient (Wildman–Crippen LogP) is 1.05. The molecule has 22 heavy (non-hydrogen) atoms. The molecule has 2 aliphatic heterocycles. The van der Waals surface area contributed by atoms with Gasteiger partial charge in [0, 0.05) is 45.7 Å². The molecule has 1 aromatic rings. The number of hydrogen-bond donors (Lipinski definition) is 0. The van der Waals surface area contributed by atoms with Crippen molar-refractivity contribution in [1.29, 1.82) is 0 Å². The SMILES string of the molecule is CCN1CCN(C(=O)[C@@H]2OCC[C@H]2C)C[C@H]1c1nccn1C. The van der Waals surface area contributed by atoms with E-state index in [-0.39, 0.29) is 18.1 Å². The number of likely N-dealkylation sites (N-methyl/N-ethyl adjacent to an activating group) is 1. The summed E-state index contributed by atoms with van der Waals surface area (Å²) in [5, 5.41) is 0. The molecule has 0 aromatic carbocycles. The van der Waals surface area contributed by atoms with Crippen LogP contribution < -0.4 is 0 Å². The summed E-state index contributed by atoms with van der Waals surface area (Å²) in [6.45, 7) is 8.31. The van der Waals surface area contributed by atoms with E-state index in [9.17, 15) is 4.79 Å². The van der Waals surface area contributed by atoms with Gasteiger partial charge in [0.25, 0.3) is 5.91 Å². The zero-order valence-electron chi connectivity index (χ0n) is 13.7. The van der Waals surface area contributed by atoms with Crippen LogP contribution in [0, 0.1) is 5.92 Å². The third-order valence-corrected chi connectivity index (χ3v) is 5.00. The molecule has 3 rings (SSSR count). The second-order valence-corrected chi connectivity index (χ2v) is 6.38. The van der Waals surface area contributed by atoms with E-state index in [0.29, 0.717) is 19.1 Å². The van der Waals surface area contributed by atoms with Crippen molar-refractivity contribution in [3.8, 4) is 0 Å². The molecule has 0 N–H and O–H groups in total. The first-order valence-corrected chi connectivity index (χ1v) is 8.23. The van der Waals surface area contributed by atoms with Crippen LogP contribution >= 0.6 is 0 Å². The number of aromatic nitrogens is 2. The van der Waals surface area contributed by atoms with Gasteiger partial charge in [-0.25, -0.2) is 4.98 Å². The summed E-state index contributed by atoms with van der Waals surface area (Å²) in [7, 11) is 2.01. The molecular weight excluding hydrogens is 280 g/mol. The zero-order valence-corrected chi connectivity index (χ0v) is 13.7. The number of imidazole rings is 1. The molecule has 3 atom stereocenters. The van der Waals surface area contributed by atoms with Gasteiger partial charge in [-0.3, -0.25) is 9.69 Å². The van der Waals surface area contributed by atoms with Crippen LogP contribution in [0.2, 0.25) is 0 Å². The molecule has 6 nitrogen and oxygen atoms in total. The molecule has 2 fully saturated rings. The van der Waals surface area contributed by atoms with E-state index >= 15 is 0 Å². The van der Waals surface area contributed by atoms with Crippen LogP contribution in [0.5, 0.6) is 0 Å². The molecule has 2 aliphatic rings. The number of amides is 1. The average Bonchev–Trinajstić information content (AvgIpc) is 3.14. The molecule has 2 saturated heterocycles. The molecular formula is C16H26N4O2. The van der Waals surface area contributed by atoms with Gasteiger partial charge in [0.05, 0.1) is 6.04 Å². The van der Waals surface area contributed by atoms with Crippen molar-refractivity contribution in [3.63, 3.8) is 0 Å². The Morgan fingerprint density at radius 3 is 2.86 bits per heavy atom. The van der Waals surface area contributed by atoms with Gasteiger partial charge in [0.15, 0.2) is 0 Å². The van der Waals surface area contributed by atoms with Gasteiger partial charge in [-0.15, -0.1) is 0 Å². The summed E-state index contributed by atoms with van der Waals surface area (Å²) in [6, 6.07) is 0.166. The Balaban J connectivity index is 1.75. The normalized spacial score (nSPS) is 30.0. The molecule has 0 radical (unpaired) electrons. The number of carbonyl (C=O) groups excluding carboxylic acids is 1. The predicted molar refractivity (Wildman–Crippen MR) is 83.3 cm³/mol. The Labute approximate surface area is 132 Å². The van der Waals surface area contributed by atoms with Crippen LogP contribution in [0.25, 0.3) is 0 Å². The second kappa shape index (κ2) is 6.38. The van der Waals surface area contributed by atoms with Gasteiger partial charge < -0.3 is 14.2 Å². The number of ether oxygens (including phenoxy) is 1. The number of piperazine rings is 1. The highest BCUT2D eigenvalue weighted by atomic mass is 16.5. The number of hydrogen-bond acceptors (Lipinski definition) is 4. The highest BCUT2D eigenvalue weighted by Gasteiger charge is 2.38. The van der Waals surface area contributed by atoms with Crippen molar-refractivity contribution in [1.82, 2.24) is 19.4 Å². The van der Waals surface area contributed by atoms with Crippen LogP contribution in [0.4, 0.5) is 0 Å². The smallest absolute Gasteiger partial charge is 0.252 e. The number of aryl methyl sites for hydroxylation is 1. The Kier molecular flexibility index (Phi) is 4.49. The fourth-order valence-electron chi connectivity index (χ4n) is 3.53. The van der Waals surface area contributed by atoms with Gasteiger partial charge in [-0.2, -0.15) is 0 Å². The van der Waals surface area contributed by atoms with E-state index in [4.69, 9.17) is 4.74 Å². The maximum Gasteiger partial charge on any atom is 0.252 e. The van der Waals surface area contributed by atoms with Crippen molar-refractivity contribution >= 4 is 5.91 Å². The van der Waals surface area contributed by atoms with E-state index in [1.54, 1.807) is 0 Å². The second-order valence-electron chi connectivity index (χ2n) is 6.38. The third kappa shape index (κ3) is 2.77. The first-order valence-electron chi connectivity index (χ1n) is 8.23. The van der Waals surface area contributed by atoms with Crippen LogP contribution in [0.1, 0.15) is 32.1 Å². The fourth-order valence-corrected chi connectivity index (χ4v) is 3.53. The molecule has 0 spiro atoms. The summed E-state index contributed by atoms with van der Waals surface area (Å²) < 4.78 is 7.71. The molecule has 0 bridgehead atoms. The van der Waals surface area contributed by atoms with Crippen molar-refractivity contribution in [2.45, 2.75) is 32.4 Å². The minimum atomic E-state index is -0.254. The van der Waals surface area contributed by atoms with Crippen LogP contribution in [-0.4, -0.2) is 64.1 Å². The molecule has 1 aromatic heterocycles. The lowest BCUT2D eigenvalue weighted by atomic mass is 10.0. The Morgan fingerprint density at radius 2 is 2.27 bits per heavy atom. The van der Waals surface area contributed by atoms with Gasteiger partial charge >= 0.3 is 0 Å². The van der Waals surface area contributed by atoms with E-state index in [2.05, 4.69) is 28.3 Å². The molecule has 3 heterocycles. The summed E-state index contributed by atoms with van der Waals surface area (Å²) in [5.74, 6) is 1.50. The summed E-state index contributed by atoms with van der Waals surface area (Å²) in [5.41, 5.74) is 0. The maximum absolute atomic E-state index is 12.8. The monoisotopic (exact) mass is 306 g/mol. The third-order valence-electron chi connectivity index (χ3n) is 5.00. The Bertz CT molecular complexity index is 530. The summed E-state index contributed by atoms with van der Waals surface area (Å²) in [4.78, 5) is 21.6. The van der Waals surface area contributed by atoms with Crippen molar-refractivity contribution in [2.75, 3.05) is 32.8 Å². The quantitative estimate of drug-likeness (QED) is 0.837. The molecule has 0 saturated carbocycles. The molecule has 6 heteroatoms. The highest BCUT2D eigenvalue weighted by molar-refractivity contribution is 5.81. The van der Waals surface area contributed by atoms with Gasteiger partial charge in [-0.1, -0.05) is 13.8 Å². The van der Waals surface area contributed by atoms with Crippen LogP contribution in [0.3, 0.4) is 0 Å². The molecule has 0 aliphatic carbocycles. The fraction of sp³-hybridized carbons (Fsp3) is 0.750. The number of rotatable bonds is 3. The number of nitrogens with zero attached hydrogens (tertiary/aromatic N) is 4. The van der Waals surface area contributed by atoms with E-state index in [0.717, 1.165) is 31.9 Å². The molecule has 0 unspecified atom stereocenters. The van der Waals surface area contributed by atoms with Gasteiger partial charge in [0.2, 0.25) is 0 Å². The summed E-state index contributed by atoms with van der Waals surface area (Å²) >= 11 is 0. The first kappa shape index (κ1) is 15.5. The number of carbonyl (C=O) groups is 1. The largest absolute Gasteiger partial charge is 0.368 e. The minimum Gasteiger partial charge on any atom is -0.368 e. The summed E-state index contributed by atoms with van der Waals surface area (Å²) in [6.07, 6.45) is 4.52. The van der Waals surface area contributed by atoms with E-state index in [1.165, 1.54) is 0 Å². The van der Waals surface area contributed by atoms with Crippen molar-refractivity contribution in [2.24, 2.45) is 13.0 Å². The lowest BCUT2D eigenvalue weighted by Crippen LogP contribution is -2.53. The first-order chi connectivity index (χ1) is 10.6. The minimum absolute atomic E-state index is 0.153. The Hall–Kier alpha value is -1.40. The standard InChI is InChI=1S/C16H26N4O2/c1-4-19-8-9-20(16(21)14-12(2)5-10-22-14)11-13(19)15-17-6-7-18(15)3/h6-7,12-14H,4-5,8-11H2,1-3H3/t12-,13+,14-/m1/s1. The van der Waals surface area contributed by atoms with Gasteiger partial charge in [0.1, 0.15) is 11.9 Å². The Morgan fingerprint density at radius 1 is 1.45 bits per heavy atom. The van der Waals surface area contributed by atoms with Crippen molar-refractivity contribution < 1.29 is 9.53 Å².